The number of ether oxygens (including phenoxy) is 1. The quantitative estimate of drug-likeness (QED) is 0.232. The Balaban J connectivity index is 1.69. The van der Waals surface area contributed by atoms with E-state index in [1.807, 2.05) is 30.3 Å². The third-order valence-corrected chi connectivity index (χ3v) is 12.1. The van der Waals surface area contributed by atoms with Crippen molar-refractivity contribution in [2.45, 2.75) is 58.0 Å². The first kappa shape index (κ1) is 28.3. The molecule has 3 rings (SSSR count). The number of pyridine rings is 1. The molecule has 3 aromatic rings. The van der Waals surface area contributed by atoms with E-state index in [1.165, 1.54) is 7.11 Å². The van der Waals surface area contributed by atoms with Crippen molar-refractivity contribution in [2.75, 3.05) is 7.11 Å². The van der Waals surface area contributed by atoms with E-state index in [2.05, 4.69) is 56.0 Å². The second-order valence-corrected chi connectivity index (χ2v) is 16.1. The number of nitrogens with one attached hydrogen (secondary N) is 1. The number of carbonyl (C=O) groups excluding carboxylic acids is 2. The summed E-state index contributed by atoms with van der Waals surface area (Å²) in [7, 11) is -0.853. The number of rotatable bonds is 7. The van der Waals surface area contributed by atoms with Crippen LogP contribution in [0.15, 0.2) is 60.8 Å². The van der Waals surface area contributed by atoms with E-state index in [9.17, 15) is 9.59 Å². The van der Waals surface area contributed by atoms with Crippen molar-refractivity contribution in [1.29, 1.82) is 0 Å². The fraction of sp³-hybridized carbons (Fsp3) is 0.345. The third kappa shape index (κ3) is 7.38. The summed E-state index contributed by atoms with van der Waals surface area (Å²) in [5, 5.41) is 2.76. The lowest BCUT2D eigenvalue weighted by atomic mass is 10.1. The highest BCUT2D eigenvalue weighted by atomic mass is 32.1. The van der Waals surface area contributed by atoms with Crippen molar-refractivity contribution in [1.82, 2.24) is 10.3 Å². The van der Waals surface area contributed by atoms with Crippen molar-refractivity contribution in [3.05, 3.63) is 76.8 Å². The van der Waals surface area contributed by atoms with Gasteiger partial charge in [0.2, 0.25) is 0 Å². The summed E-state index contributed by atoms with van der Waals surface area (Å²) in [5.41, 5.74) is 2.13. The zero-order chi connectivity index (χ0) is 27.2. The first-order valence-electron chi connectivity index (χ1n) is 12.1. The number of hydrogen-bond acceptors (Lipinski definition) is 6. The first-order chi connectivity index (χ1) is 17.4. The van der Waals surface area contributed by atoms with Gasteiger partial charge in [0.15, 0.2) is 14.4 Å². The van der Waals surface area contributed by atoms with Crippen molar-refractivity contribution < 1.29 is 18.8 Å². The summed E-state index contributed by atoms with van der Waals surface area (Å²) in [4.78, 5) is 31.8. The lowest BCUT2D eigenvalue weighted by Gasteiger charge is -2.39. The lowest BCUT2D eigenvalue weighted by molar-refractivity contribution is -0.145. The molecule has 1 N–H and O–H groups in total. The summed E-state index contributed by atoms with van der Waals surface area (Å²) in [6.45, 7) is 12.4. The van der Waals surface area contributed by atoms with Crippen molar-refractivity contribution >= 4 is 31.5 Å². The molecule has 0 aliphatic carbocycles. The Morgan fingerprint density at radius 1 is 1.03 bits per heavy atom. The van der Waals surface area contributed by atoms with E-state index in [0.717, 1.165) is 21.0 Å². The first-order valence-corrected chi connectivity index (χ1v) is 15.8. The number of esters is 1. The van der Waals surface area contributed by atoms with E-state index in [0.29, 0.717) is 5.56 Å². The number of amides is 1. The van der Waals surface area contributed by atoms with E-state index in [-0.39, 0.29) is 10.9 Å². The van der Waals surface area contributed by atoms with Crippen LogP contribution >= 0.6 is 11.3 Å². The van der Waals surface area contributed by atoms with Crippen LogP contribution in [0.2, 0.25) is 18.1 Å². The van der Waals surface area contributed by atoms with E-state index < -0.39 is 26.4 Å². The van der Waals surface area contributed by atoms with Gasteiger partial charge in [0.25, 0.3) is 5.91 Å². The maximum Gasteiger partial charge on any atom is 0.331 e. The molecule has 0 unspecified atom stereocenters. The Bertz CT molecular complexity index is 1290. The second-order valence-electron chi connectivity index (χ2n) is 10.3. The zero-order valence-corrected chi connectivity index (χ0v) is 24.2. The van der Waals surface area contributed by atoms with Crippen LogP contribution in [0.25, 0.3) is 10.6 Å². The number of nitrogens with zero attached hydrogens (tertiary/aromatic N) is 1. The van der Waals surface area contributed by atoms with E-state index in [1.54, 1.807) is 48.7 Å². The maximum atomic E-state index is 13.0. The minimum atomic E-state index is -2.16. The van der Waals surface area contributed by atoms with Crippen LogP contribution in [0.3, 0.4) is 0 Å². The molecule has 1 aromatic carbocycles. The van der Waals surface area contributed by atoms with Gasteiger partial charge in [-0.25, -0.2) is 4.79 Å². The Labute approximate surface area is 224 Å². The van der Waals surface area contributed by atoms with Crippen molar-refractivity contribution in [2.24, 2.45) is 0 Å². The monoisotopic (exact) mass is 534 g/mol. The minimum Gasteiger partial charge on any atom is -0.467 e. The van der Waals surface area contributed by atoms with Gasteiger partial charge in [-0.3, -0.25) is 9.78 Å². The van der Waals surface area contributed by atoms with Crippen molar-refractivity contribution in [3.8, 4) is 22.4 Å². The average Bonchev–Trinajstić information content (AvgIpc) is 3.34. The normalized spacial score (nSPS) is 13.2. The fourth-order valence-electron chi connectivity index (χ4n) is 3.32. The van der Waals surface area contributed by atoms with Crippen LogP contribution < -0.4 is 5.32 Å². The van der Waals surface area contributed by atoms with Crippen LogP contribution in [-0.4, -0.2) is 44.4 Å². The second kappa shape index (κ2) is 11.9. The van der Waals surface area contributed by atoms with Crippen LogP contribution in [0.1, 0.15) is 48.5 Å². The summed E-state index contributed by atoms with van der Waals surface area (Å²) < 4.78 is 11.3. The van der Waals surface area contributed by atoms with Gasteiger partial charge < -0.3 is 14.5 Å². The Kier molecular flexibility index (Phi) is 9.08. The van der Waals surface area contributed by atoms with Gasteiger partial charge in [0.1, 0.15) is 0 Å². The molecule has 0 fully saturated rings. The Morgan fingerprint density at radius 2 is 1.73 bits per heavy atom. The number of thiophene rings is 1. The molecule has 8 heteroatoms. The number of carbonyl (C=O) groups is 2. The molecule has 2 atom stereocenters. The molecule has 2 heterocycles. The molecule has 0 radical (unpaired) electrons. The molecule has 0 bridgehead atoms. The molecule has 0 aliphatic rings. The number of aromatic nitrogens is 1. The van der Waals surface area contributed by atoms with Gasteiger partial charge in [0, 0.05) is 17.3 Å². The highest BCUT2D eigenvalue weighted by molar-refractivity contribution is 7.16. The van der Waals surface area contributed by atoms with Gasteiger partial charge in [-0.2, -0.15) is 0 Å². The average molecular weight is 535 g/mol. The third-order valence-electron chi connectivity index (χ3n) is 6.50. The summed E-state index contributed by atoms with van der Waals surface area (Å²) in [5.74, 6) is 5.39. The van der Waals surface area contributed by atoms with E-state index in [4.69, 9.17) is 9.16 Å². The topological polar surface area (TPSA) is 77.5 Å². The molecule has 0 aliphatic heterocycles. The predicted molar refractivity (Wildman–Crippen MR) is 151 cm³/mol. The zero-order valence-electron chi connectivity index (χ0n) is 22.4. The van der Waals surface area contributed by atoms with Crippen LogP contribution in [0, 0.1) is 11.8 Å². The molecule has 194 valence electrons. The molecular formula is C29H34N2O4SSi. The maximum absolute atomic E-state index is 13.0. The SMILES string of the molecule is COC(=O)[C@H](NC(=O)c1ccc(C#Cc2ccc(-c3ccccn3)s2)cc1)[C@@H](C)O[Si](C)(C)C(C)(C)C. The summed E-state index contributed by atoms with van der Waals surface area (Å²) >= 11 is 1.58. The lowest BCUT2D eigenvalue weighted by Crippen LogP contribution is -2.54. The number of benzene rings is 1. The Hall–Kier alpha value is -3.25. The highest BCUT2D eigenvalue weighted by Crippen LogP contribution is 2.37. The molecule has 2 aromatic heterocycles. The molecule has 6 nitrogen and oxygen atoms in total. The largest absolute Gasteiger partial charge is 0.467 e. The number of hydrogen-bond donors (Lipinski definition) is 1. The predicted octanol–water partition coefficient (Wildman–Crippen LogP) is 5.89. The van der Waals surface area contributed by atoms with Gasteiger partial charge in [-0.15, -0.1) is 11.3 Å². The van der Waals surface area contributed by atoms with E-state index >= 15 is 0 Å². The molecule has 1 amide bonds. The molecule has 0 saturated heterocycles. The summed E-state index contributed by atoms with van der Waals surface area (Å²) in [6.07, 6.45) is 1.23. The van der Waals surface area contributed by atoms with Crippen LogP contribution in [0.5, 0.6) is 0 Å². The number of methoxy groups -OCH3 is 1. The standard InChI is InChI=1S/C29H34N2O4SSi/c1-20(35-37(6,7)29(2,3)4)26(28(33)34-5)31-27(32)22-14-11-21(12-15-22)13-16-23-17-18-25(36-23)24-10-8-9-19-30-24/h8-12,14-15,17-20,26H,1-7H3,(H,31,32)/t20-,26-/m1/s1. The smallest absolute Gasteiger partial charge is 0.331 e. The Morgan fingerprint density at radius 3 is 2.32 bits per heavy atom. The van der Waals surface area contributed by atoms with Gasteiger partial charge in [-0.05, 0) is 73.6 Å². The van der Waals surface area contributed by atoms with Gasteiger partial charge >= 0.3 is 5.97 Å². The van der Waals surface area contributed by atoms with Crippen LogP contribution in [0.4, 0.5) is 0 Å². The van der Waals surface area contributed by atoms with Crippen LogP contribution in [-0.2, 0) is 14.0 Å². The molecule has 0 spiro atoms. The summed E-state index contributed by atoms with van der Waals surface area (Å²) in [6, 6.07) is 15.9. The fourth-order valence-corrected chi connectivity index (χ4v) is 5.57. The molecule has 37 heavy (non-hydrogen) atoms. The minimum absolute atomic E-state index is 0.0358. The van der Waals surface area contributed by atoms with Gasteiger partial charge in [0.05, 0.1) is 28.7 Å². The van der Waals surface area contributed by atoms with Gasteiger partial charge in [-0.1, -0.05) is 38.7 Å². The highest BCUT2D eigenvalue weighted by Gasteiger charge is 2.41. The van der Waals surface area contributed by atoms with Crippen molar-refractivity contribution in [3.63, 3.8) is 0 Å². The molecule has 0 saturated carbocycles. The molecular weight excluding hydrogens is 500 g/mol.